The molecule has 1 aliphatic rings. The van der Waals surface area contributed by atoms with Crippen LogP contribution in [0.25, 0.3) is 0 Å². The molecule has 2 nitrogen and oxygen atoms in total. The van der Waals surface area contributed by atoms with Crippen molar-refractivity contribution in [3.05, 3.63) is 29.8 Å². The molecule has 0 saturated heterocycles. The van der Waals surface area contributed by atoms with Crippen molar-refractivity contribution in [2.75, 3.05) is 0 Å². The maximum atomic E-state index is 4.68. The Morgan fingerprint density at radius 3 is 2.41 bits per heavy atom. The fraction of sp³-hybridized carbons (Fsp3) is 0.500. The lowest BCUT2D eigenvalue weighted by Crippen LogP contribution is -2.43. The lowest BCUT2D eigenvalue weighted by molar-refractivity contribution is 0.163. The molecule has 1 aliphatic heterocycles. The molecule has 0 bridgehead atoms. The average Bonchev–Trinajstić information content (AvgIpc) is 2.28. The Kier molecular flexibility index (Phi) is 3.89. The Labute approximate surface area is 108 Å². The molecule has 3 heteroatoms. The minimum absolute atomic E-state index is 0.213. The molecule has 0 aliphatic carbocycles. The van der Waals surface area contributed by atoms with Crippen molar-refractivity contribution < 1.29 is 0 Å². The summed E-state index contributed by atoms with van der Waals surface area (Å²) in [5.41, 5.74) is 1.45. The topological polar surface area (TPSA) is 15.6 Å². The monoisotopic (exact) mass is 248 g/mol. The Hall–Kier alpha value is -0.800. The number of nitrogens with zero attached hydrogens (tertiary/aromatic N) is 2. The van der Waals surface area contributed by atoms with E-state index in [1.54, 1.807) is 0 Å². The van der Waals surface area contributed by atoms with Crippen LogP contribution in [0.5, 0.6) is 0 Å². The lowest BCUT2D eigenvalue weighted by atomic mass is 10.2. The molecule has 1 aromatic rings. The maximum Gasteiger partial charge on any atom is 0.154 e. The van der Waals surface area contributed by atoms with Gasteiger partial charge in [-0.25, -0.2) is 0 Å². The summed E-state index contributed by atoms with van der Waals surface area (Å²) >= 11 is 1.85. The first-order chi connectivity index (χ1) is 8.09. The van der Waals surface area contributed by atoms with Gasteiger partial charge in [-0.05, 0) is 33.8 Å². The molecular weight excluding hydrogens is 228 g/mol. The highest BCUT2D eigenvalue weighted by Gasteiger charge is 2.26. The van der Waals surface area contributed by atoms with Gasteiger partial charge in [-0.15, -0.1) is 0 Å². The van der Waals surface area contributed by atoms with E-state index in [4.69, 9.17) is 0 Å². The maximum absolute atomic E-state index is 4.68. The zero-order valence-corrected chi connectivity index (χ0v) is 11.7. The second-order valence-electron chi connectivity index (χ2n) is 4.89. The smallest absolute Gasteiger partial charge is 0.154 e. The van der Waals surface area contributed by atoms with E-state index in [0.717, 1.165) is 0 Å². The van der Waals surface area contributed by atoms with Crippen LogP contribution in [0, 0.1) is 0 Å². The van der Waals surface area contributed by atoms with Crippen LogP contribution in [0.4, 0.5) is 0 Å². The predicted octanol–water partition coefficient (Wildman–Crippen LogP) is 3.61. The summed E-state index contributed by atoms with van der Waals surface area (Å²) in [6.07, 6.45) is 2.01. The van der Waals surface area contributed by atoms with Gasteiger partial charge in [0.15, 0.2) is 5.50 Å². The van der Waals surface area contributed by atoms with Gasteiger partial charge in [0.1, 0.15) is 0 Å². The van der Waals surface area contributed by atoms with Crippen molar-refractivity contribution in [3.8, 4) is 0 Å². The summed E-state index contributed by atoms with van der Waals surface area (Å²) in [4.78, 5) is 8.45. The molecular formula is C14H20N2S. The summed E-state index contributed by atoms with van der Waals surface area (Å²) in [7, 11) is 0. The van der Waals surface area contributed by atoms with Crippen LogP contribution in [-0.2, 0) is 0 Å². The fourth-order valence-electron chi connectivity index (χ4n) is 2.23. The van der Waals surface area contributed by atoms with Crippen LogP contribution in [0.1, 0.15) is 33.3 Å². The Morgan fingerprint density at radius 1 is 1.12 bits per heavy atom. The molecule has 0 saturated carbocycles. The van der Waals surface area contributed by atoms with Crippen molar-refractivity contribution >= 4 is 18.0 Å². The molecule has 2 rings (SSSR count). The quantitative estimate of drug-likeness (QED) is 0.812. The zero-order chi connectivity index (χ0) is 12.4. The van der Waals surface area contributed by atoms with Gasteiger partial charge < -0.3 is 0 Å². The van der Waals surface area contributed by atoms with Gasteiger partial charge in [-0.2, -0.15) is 0 Å². The van der Waals surface area contributed by atoms with Gasteiger partial charge >= 0.3 is 0 Å². The highest BCUT2D eigenvalue weighted by Crippen LogP contribution is 2.34. The van der Waals surface area contributed by atoms with Gasteiger partial charge in [0.2, 0.25) is 0 Å². The summed E-state index contributed by atoms with van der Waals surface area (Å²) in [5, 5.41) is 0. The number of aliphatic imine (C=N–C) groups is 1. The molecule has 0 N–H and O–H groups in total. The van der Waals surface area contributed by atoms with Gasteiger partial charge in [-0.1, -0.05) is 30.0 Å². The largest absolute Gasteiger partial charge is 0.268 e. The molecule has 92 valence electrons. The van der Waals surface area contributed by atoms with Crippen LogP contribution < -0.4 is 0 Å². The van der Waals surface area contributed by atoms with Gasteiger partial charge in [0.25, 0.3) is 0 Å². The fourth-order valence-corrected chi connectivity index (χ4v) is 3.60. The molecule has 0 spiro atoms. The van der Waals surface area contributed by atoms with Crippen molar-refractivity contribution in [1.29, 1.82) is 0 Å². The van der Waals surface area contributed by atoms with Gasteiger partial charge in [-0.3, -0.25) is 9.89 Å². The van der Waals surface area contributed by atoms with E-state index in [0.29, 0.717) is 12.1 Å². The van der Waals surface area contributed by atoms with Crippen LogP contribution in [-0.4, -0.2) is 28.7 Å². The Bertz CT molecular complexity index is 404. The standard InChI is InChI=1S/C14H20N2S/c1-10(2)16(11(3)4)14-15-9-12-7-5-6-8-13(12)17-14/h5-11,14H,1-4H3. The van der Waals surface area contributed by atoms with Crippen molar-refractivity contribution in [2.45, 2.75) is 50.2 Å². The molecule has 1 atom stereocenters. The van der Waals surface area contributed by atoms with E-state index < -0.39 is 0 Å². The van der Waals surface area contributed by atoms with E-state index in [-0.39, 0.29) is 5.50 Å². The van der Waals surface area contributed by atoms with E-state index in [1.807, 2.05) is 18.0 Å². The molecule has 0 radical (unpaired) electrons. The molecule has 0 fully saturated rings. The highest BCUT2D eigenvalue weighted by atomic mass is 32.2. The SMILES string of the molecule is CC(C)N(C(C)C)C1N=Cc2ccccc2S1. The van der Waals surface area contributed by atoms with E-state index >= 15 is 0 Å². The summed E-state index contributed by atoms with van der Waals surface area (Å²) < 4.78 is 0. The first kappa shape index (κ1) is 12.7. The Balaban J connectivity index is 2.22. The van der Waals surface area contributed by atoms with Gasteiger partial charge in [0.05, 0.1) is 0 Å². The number of thioether (sulfide) groups is 1. The van der Waals surface area contributed by atoms with E-state index in [1.165, 1.54) is 10.5 Å². The predicted molar refractivity (Wildman–Crippen MR) is 75.8 cm³/mol. The summed E-state index contributed by atoms with van der Waals surface area (Å²) in [5.74, 6) is 0. The molecule has 1 heterocycles. The second kappa shape index (κ2) is 5.23. The van der Waals surface area contributed by atoms with E-state index in [2.05, 4.69) is 61.9 Å². The van der Waals surface area contributed by atoms with Gasteiger partial charge in [0, 0.05) is 28.8 Å². The third kappa shape index (κ3) is 2.72. The molecule has 17 heavy (non-hydrogen) atoms. The molecule has 0 aromatic heterocycles. The van der Waals surface area contributed by atoms with Crippen molar-refractivity contribution in [3.63, 3.8) is 0 Å². The van der Waals surface area contributed by atoms with Crippen LogP contribution >= 0.6 is 11.8 Å². The first-order valence-electron chi connectivity index (χ1n) is 6.16. The van der Waals surface area contributed by atoms with E-state index in [9.17, 15) is 0 Å². The lowest BCUT2D eigenvalue weighted by Gasteiger charge is -2.36. The van der Waals surface area contributed by atoms with Crippen molar-refractivity contribution in [1.82, 2.24) is 4.90 Å². The first-order valence-corrected chi connectivity index (χ1v) is 7.04. The highest BCUT2D eigenvalue weighted by molar-refractivity contribution is 8.00. The Morgan fingerprint density at radius 2 is 1.76 bits per heavy atom. The molecule has 0 amide bonds. The second-order valence-corrected chi connectivity index (χ2v) is 5.99. The normalized spacial score (nSPS) is 19.1. The van der Waals surface area contributed by atoms with Crippen molar-refractivity contribution in [2.24, 2.45) is 4.99 Å². The minimum atomic E-state index is 0.213. The zero-order valence-electron chi connectivity index (χ0n) is 10.9. The number of hydrogen-bond donors (Lipinski definition) is 0. The third-order valence-corrected chi connectivity index (χ3v) is 4.14. The summed E-state index contributed by atoms with van der Waals surface area (Å²) in [6.45, 7) is 8.93. The third-order valence-electron chi connectivity index (χ3n) is 2.94. The number of benzene rings is 1. The summed E-state index contributed by atoms with van der Waals surface area (Å²) in [6, 6.07) is 9.48. The number of fused-ring (bicyclic) bond motifs is 1. The molecule has 1 aromatic carbocycles. The van der Waals surface area contributed by atoms with Crippen LogP contribution in [0.15, 0.2) is 34.2 Å². The average molecular weight is 248 g/mol. The van der Waals surface area contributed by atoms with Crippen LogP contribution in [0.2, 0.25) is 0 Å². The number of hydrogen-bond acceptors (Lipinski definition) is 3. The number of rotatable bonds is 3. The van der Waals surface area contributed by atoms with Crippen LogP contribution in [0.3, 0.4) is 0 Å². The minimum Gasteiger partial charge on any atom is -0.268 e. The molecule has 1 unspecified atom stereocenters.